The third kappa shape index (κ3) is 3.67. The quantitative estimate of drug-likeness (QED) is 0.445. The van der Waals surface area contributed by atoms with Crippen LogP contribution >= 0.6 is 12.2 Å². The van der Waals surface area contributed by atoms with Crippen LogP contribution in [0.2, 0.25) is 0 Å². The van der Waals surface area contributed by atoms with E-state index < -0.39 is 0 Å². The predicted molar refractivity (Wildman–Crippen MR) is 47.4 cm³/mol. The Bertz CT molecular complexity index is 321. The van der Waals surface area contributed by atoms with Crippen molar-refractivity contribution in [2.75, 3.05) is 0 Å². The minimum absolute atomic E-state index is 0. The van der Waals surface area contributed by atoms with Crippen LogP contribution in [0.15, 0.2) is 10.9 Å². The van der Waals surface area contributed by atoms with E-state index in [1.54, 1.807) is 6.07 Å². The zero-order valence-corrected chi connectivity index (χ0v) is 10.1. The largest absolute Gasteiger partial charge is 1.00 e. The molecule has 0 unspecified atom stereocenters. The van der Waals surface area contributed by atoms with Gasteiger partial charge in [-0.25, -0.2) is 0 Å². The number of aromatic nitrogens is 2. The van der Waals surface area contributed by atoms with Gasteiger partial charge in [0.25, 0.3) is 5.56 Å². The average molecular weight is 194 g/mol. The van der Waals surface area contributed by atoms with E-state index >= 15 is 0 Å². The van der Waals surface area contributed by atoms with Crippen LogP contribution in [0.5, 0.6) is 0 Å². The van der Waals surface area contributed by atoms with Gasteiger partial charge in [0, 0.05) is 11.8 Å². The molecule has 3 nitrogen and oxygen atoms in total. The average Bonchev–Trinajstić information content (AvgIpc) is 1.85. The zero-order valence-electron chi connectivity index (χ0n) is 8.31. The van der Waals surface area contributed by atoms with Crippen LogP contribution in [0.25, 0.3) is 0 Å². The molecule has 0 saturated carbocycles. The van der Waals surface area contributed by atoms with Crippen LogP contribution in [0, 0.1) is 4.77 Å². The third-order valence-electron chi connectivity index (χ3n) is 1.34. The molecule has 0 aliphatic heterocycles. The Kier molecular flexibility index (Phi) is 5.74. The minimum Gasteiger partial charge on any atom is -1.00 e. The number of hydrogen-bond acceptors (Lipinski definition) is 2. The Hall–Kier alpha value is 0.1000. The molecule has 2 N–H and O–H groups in total. The Morgan fingerprint density at radius 2 is 2.25 bits per heavy atom. The molecule has 0 radical (unpaired) electrons. The van der Waals surface area contributed by atoms with Crippen LogP contribution in [0.4, 0.5) is 0 Å². The number of aryl methyl sites for hydroxylation is 1. The first-order valence-electron chi connectivity index (χ1n) is 3.55. The Balaban J connectivity index is 0. The molecule has 0 fully saturated rings. The molecule has 1 aromatic rings. The number of hydrogen-bond donors (Lipinski definition) is 2. The summed E-state index contributed by atoms with van der Waals surface area (Å²) in [6.45, 7) is 2.05. The fourth-order valence-corrected chi connectivity index (χ4v) is 1.16. The molecule has 0 aromatic carbocycles. The maximum atomic E-state index is 10.8. The number of H-pyrrole nitrogens is 2. The molecular weight excluding hydrogens is 183 g/mol. The molecule has 0 aliphatic rings. The summed E-state index contributed by atoms with van der Waals surface area (Å²) >= 11 is 4.79. The molecular formula is C7H11N2NaOS. The topological polar surface area (TPSA) is 48.6 Å². The number of rotatable bonds is 2. The van der Waals surface area contributed by atoms with E-state index in [0.717, 1.165) is 18.5 Å². The fraction of sp³-hybridized carbons (Fsp3) is 0.429. The van der Waals surface area contributed by atoms with Crippen LogP contribution in [0.3, 0.4) is 0 Å². The Morgan fingerprint density at radius 1 is 1.58 bits per heavy atom. The first-order valence-corrected chi connectivity index (χ1v) is 3.95. The van der Waals surface area contributed by atoms with Gasteiger partial charge < -0.3 is 6.41 Å². The van der Waals surface area contributed by atoms with E-state index in [1.807, 2.05) is 0 Å². The summed E-state index contributed by atoms with van der Waals surface area (Å²) in [6, 6.07) is 1.54. The SMILES string of the molecule is CCCc1cc(=O)[nH]c(=S)[nH]1.[H-].[Na+]. The van der Waals surface area contributed by atoms with E-state index in [4.69, 9.17) is 12.2 Å². The fourth-order valence-electron chi connectivity index (χ4n) is 0.923. The smallest absolute Gasteiger partial charge is 1.00 e. The van der Waals surface area contributed by atoms with Gasteiger partial charge in [0.2, 0.25) is 0 Å². The van der Waals surface area contributed by atoms with Crippen molar-refractivity contribution in [3.63, 3.8) is 0 Å². The van der Waals surface area contributed by atoms with Crippen molar-refractivity contribution in [2.45, 2.75) is 19.8 Å². The number of aromatic amines is 2. The van der Waals surface area contributed by atoms with E-state index in [0.29, 0.717) is 4.77 Å². The van der Waals surface area contributed by atoms with Gasteiger partial charge in [-0.3, -0.25) is 9.78 Å². The van der Waals surface area contributed by atoms with Crippen LogP contribution in [-0.4, -0.2) is 9.97 Å². The predicted octanol–water partition coefficient (Wildman–Crippen LogP) is -1.50. The van der Waals surface area contributed by atoms with E-state index in [9.17, 15) is 4.79 Å². The van der Waals surface area contributed by atoms with Gasteiger partial charge in [-0.2, -0.15) is 0 Å². The molecule has 0 saturated heterocycles. The first kappa shape index (κ1) is 12.1. The van der Waals surface area contributed by atoms with Crippen LogP contribution in [0.1, 0.15) is 20.5 Å². The van der Waals surface area contributed by atoms with Gasteiger partial charge >= 0.3 is 29.6 Å². The molecule has 0 amide bonds. The van der Waals surface area contributed by atoms with Crippen molar-refractivity contribution >= 4 is 12.2 Å². The van der Waals surface area contributed by atoms with Crippen molar-refractivity contribution in [3.05, 3.63) is 26.9 Å². The van der Waals surface area contributed by atoms with Crippen LogP contribution < -0.4 is 35.1 Å². The maximum absolute atomic E-state index is 10.8. The van der Waals surface area contributed by atoms with Crippen molar-refractivity contribution in [2.24, 2.45) is 0 Å². The summed E-state index contributed by atoms with van der Waals surface area (Å²) in [4.78, 5) is 16.2. The van der Waals surface area contributed by atoms with Crippen LogP contribution in [-0.2, 0) is 6.42 Å². The summed E-state index contributed by atoms with van der Waals surface area (Å²) < 4.78 is 0.404. The number of nitrogens with one attached hydrogen (secondary N) is 2. The molecule has 1 heterocycles. The molecule has 5 heteroatoms. The summed E-state index contributed by atoms with van der Waals surface area (Å²) in [5.41, 5.74) is 0.776. The third-order valence-corrected chi connectivity index (χ3v) is 1.54. The van der Waals surface area contributed by atoms with Crippen molar-refractivity contribution in [1.82, 2.24) is 9.97 Å². The van der Waals surface area contributed by atoms with Gasteiger partial charge in [-0.05, 0) is 18.6 Å². The first-order chi connectivity index (χ1) is 5.22. The second-order valence-corrected chi connectivity index (χ2v) is 2.77. The molecule has 12 heavy (non-hydrogen) atoms. The molecule has 0 spiro atoms. The summed E-state index contributed by atoms with van der Waals surface area (Å²) in [5, 5.41) is 0. The van der Waals surface area contributed by atoms with Crippen molar-refractivity contribution < 1.29 is 31.0 Å². The van der Waals surface area contributed by atoms with Gasteiger partial charge in [-0.15, -0.1) is 0 Å². The Labute approximate surface area is 99.4 Å². The van der Waals surface area contributed by atoms with E-state index in [1.165, 1.54) is 0 Å². The molecule has 62 valence electrons. The van der Waals surface area contributed by atoms with E-state index in [-0.39, 0.29) is 36.5 Å². The van der Waals surface area contributed by atoms with Gasteiger partial charge in [0.05, 0.1) is 0 Å². The molecule has 0 aliphatic carbocycles. The van der Waals surface area contributed by atoms with Crippen molar-refractivity contribution in [1.29, 1.82) is 0 Å². The second-order valence-electron chi connectivity index (χ2n) is 2.36. The van der Waals surface area contributed by atoms with E-state index in [2.05, 4.69) is 16.9 Å². The minimum atomic E-state index is -0.128. The summed E-state index contributed by atoms with van der Waals surface area (Å²) in [7, 11) is 0. The summed E-state index contributed by atoms with van der Waals surface area (Å²) in [6.07, 6.45) is 1.88. The second kappa shape index (κ2) is 5.70. The monoisotopic (exact) mass is 194 g/mol. The van der Waals surface area contributed by atoms with Gasteiger partial charge in [0.1, 0.15) is 0 Å². The standard InChI is InChI=1S/C7H10N2OS.Na.H/c1-2-3-5-4-6(10)9-7(11)8-5;;/h4H,2-3H2,1H3,(H2,8,9,10,11);;/q;+1;-1. The van der Waals surface area contributed by atoms with Crippen molar-refractivity contribution in [3.8, 4) is 0 Å². The zero-order chi connectivity index (χ0) is 8.27. The Morgan fingerprint density at radius 3 is 2.75 bits per heavy atom. The summed E-state index contributed by atoms with van der Waals surface area (Å²) in [5.74, 6) is 0. The molecule has 1 aromatic heterocycles. The molecule has 1 rings (SSSR count). The van der Waals surface area contributed by atoms with Gasteiger partial charge in [-0.1, -0.05) is 13.3 Å². The molecule has 0 bridgehead atoms. The molecule has 0 atom stereocenters. The maximum Gasteiger partial charge on any atom is 1.00 e. The van der Waals surface area contributed by atoms with Gasteiger partial charge in [0.15, 0.2) is 4.77 Å². The normalized spacial score (nSPS) is 9.08.